The van der Waals surface area contributed by atoms with Crippen molar-refractivity contribution in [3.05, 3.63) is 0 Å². The molecule has 2 aliphatic heterocycles. The van der Waals surface area contributed by atoms with E-state index in [4.69, 9.17) is 19.7 Å². The van der Waals surface area contributed by atoms with E-state index < -0.39 is 74.3 Å². The van der Waals surface area contributed by atoms with Gasteiger partial charge in [-0.25, -0.2) is 0 Å². The first-order chi connectivity index (χ1) is 14.2. The molecule has 2 rings (SSSR count). The van der Waals surface area contributed by atoms with Gasteiger partial charge < -0.3 is 50.3 Å². The Hall–Kier alpha value is -1.28. The maximum Gasteiger partial charge on any atom is 0.147 e. The molecule has 0 unspecified atom stereocenters. The van der Waals surface area contributed by atoms with Crippen LogP contribution in [0.2, 0.25) is 0 Å². The molecular formula is C20H36O10. The number of hydrogen-bond donors (Lipinski definition) is 8. The fourth-order valence-corrected chi connectivity index (χ4v) is 2.73. The van der Waals surface area contributed by atoms with Gasteiger partial charge in [0.15, 0.2) is 0 Å². The van der Waals surface area contributed by atoms with Gasteiger partial charge in [0, 0.05) is 1.43 Å². The second-order valence-corrected chi connectivity index (χ2v) is 6.29. The normalized spacial score (nSPS) is 40.1. The van der Waals surface area contributed by atoms with Crippen LogP contribution in [0.4, 0.5) is 0 Å². The molecule has 0 aromatic rings. The lowest BCUT2D eigenvalue weighted by Crippen LogP contribution is -2.58. The van der Waals surface area contributed by atoms with Gasteiger partial charge in [0.25, 0.3) is 0 Å². The Bertz CT molecular complexity index is 542. The van der Waals surface area contributed by atoms with Crippen molar-refractivity contribution in [2.45, 2.75) is 88.7 Å². The first kappa shape index (κ1) is 28.7. The Morgan fingerprint density at radius 2 is 0.900 bits per heavy atom. The minimum absolute atomic E-state index is 0. The van der Waals surface area contributed by atoms with Gasteiger partial charge in [-0.05, 0) is 13.8 Å². The molecule has 0 amide bonds. The average molecular weight is 436 g/mol. The summed E-state index contributed by atoms with van der Waals surface area (Å²) in [5, 5.41) is 74.0. The monoisotopic (exact) mass is 436 g/mol. The maximum absolute atomic E-state index is 9.43. The van der Waals surface area contributed by atoms with Gasteiger partial charge in [-0.15, -0.1) is 11.8 Å². The number of ether oxygens (including phenoxy) is 2. The second-order valence-electron chi connectivity index (χ2n) is 6.29. The molecule has 2 heterocycles. The van der Waals surface area contributed by atoms with E-state index in [1.54, 1.807) is 13.8 Å². The lowest BCUT2D eigenvalue weighted by atomic mass is 9.95. The molecular weight excluding hydrogens is 400 g/mol. The third-order valence-corrected chi connectivity index (χ3v) is 4.36. The minimum Gasteiger partial charge on any atom is -0.394 e. The van der Waals surface area contributed by atoms with Crippen LogP contribution < -0.4 is 0 Å². The zero-order valence-corrected chi connectivity index (χ0v) is 17.6. The zero-order chi connectivity index (χ0) is 23.4. The van der Waals surface area contributed by atoms with Crippen LogP contribution in [-0.2, 0) is 9.47 Å². The van der Waals surface area contributed by atoms with Gasteiger partial charge in [-0.1, -0.05) is 25.7 Å². The van der Waals surface area contributed by atoms with E-state index in [2.05, 4.69) is 23.7 Å². The van der Waals surface area contributed by atoms with Crippen molar-refractivity contribution < 1.29 is 51.8 Å². The molecule has 10 nitrogen and oxygen atoms in total. The Morgan fingerprint density at radius 3 is 1.13 bits per heavy atom. The molecule has 10 atom stereocenters. The Kier molecular flexibility index (Phi) is 14.1. The van der Waals surface area contributed by atoms with Gasteiger partial charge in [0.05, 0.1) is 13.2 Å². The van der Waals surface area contributed by atoms with Crippen LogP contribution in [-0.4, -0.2) is 115 Å². The van der Waals surface area contributed by atoms with E-state index in [1.807, 2.05) is 13.8 Å². The molecule has 0 aliphatic carbocycles. The van der Waals surface area contributed by atoms with Crippen LogP contribution in [0.3, 0.4) is 0 Å². The highest BCUT2D eigenvalue weighted by Crippen LogP contribution is 2.21. The zero-order valence-electron chi connectivity index (χ0n) is 17.6. The number of rotatable bonds is 2. The van der Waals surface area contributed by atoms with Crippen molar-refractivity contribution in [2.75, 3.05) is 13.2 Å². The Morgan fingerprint density at radius 1 is 0.600 bits per heavy atom. The fourth-order valence-electron chi connectivity index (χ4n) is 2.73. The summed E-state index contributed by atoms with van der Waals surface area (Å²) < 4.78 is 10.2. The highest BCUT2D eigenvalue weighted by molar-refractivity contribution is 5.11. The highest BCUT2D eigenvalue weighted by atomic mass is 16.5. The van der Waals surface area contributed by atoms with Crippen molar-refractivity contribution in [3.8, 4) is 23.7 Å². The molecule has 0 radical (unpaired) electrons. The predicted octanol–water partition coefficient (Wildman–Crippen LogP) is -3.02. The third-order valence-electron chi connectivity index (χ3n) is 4.36. The average Bonchev–Trinajstić information content (AvgIpc) is 2.76. The summed E-state index contributed by atoms with van der Waals surface area (Å²) in [4.78, 5) is 0. The number of aliphatic hydroxyl groups is 8. The van der Waals surface area contributed by atoms with Gasteiger partial charge >= 0.3 is 0 Å². The van der Waals surface area contributed by atoms with Gasteiger partial charge in [0.1, 0.15) is 61.0 Å². The van der Waals surface area contributed by atoms with Crippen molar-refractivity contribution in [1.29, 1.82) is 0 Å². The quantitative estimate of drug-likeness (QED) is 0.208. The third kappa shape index (κ3) is 7.45. The second kappa shape index (κ2) is 14.7. The van der Waals surface area contributed by atoms with Crippen LogP contribution in [0.15, 0.2) is 0 Å². The summed E-state index contributed by atoms with van der Waals surface area (Å²) in [6, 6.07) is 0. The van der Waals surface area contributed by atoms with Crippen molar-refractivity contribution in [3.63, 3.8) is 0 Å². The van der Waals surface area contributed by atoms with E-state index in [-0.39, 0.29) is 1.43 Å². The van der Waals surface area contributed by atoms with Crippen LogP contribution >= 0.6 is 0 Å². The molecule has 10 heteroatoms. The molecule has 30 heavy (non-hydrogen) atoms. The van der Waals surface area contributed by atoms with Gasteiger partial charge in [-0.2, -0.15) is 0 Å². The fraction of sp³-hybridized carbons (Fsp3) is 0.800. The summed E-state index contributed by atoms with van der Waals surface area (Å²) in [7, 11) is 0. The first-order valence-electron chi connectivity index (χ1n) is 9.68. The van der Waals surface area contributed by atoms with E-state index in [9.17, 15) is 30.6 Å². The number of aliphatic hydroxyl groups excluding tert-OH is 8. The van der Waals surface area contributed by atoms with Crippen LogP contribution in [0, 0.1) is 23.7 Å². The first-order valence-corrected chi connectivity index (χ1v) is 9.68. The van der Waals surface area contributed by atoms with Gasteiger partial charge in [0.2, 0.25) is 0 Å². The molecule has 2 aliphatic rings. The minimum atomic E-state index is -1.34. The van der Waals surface area contributed by atoms with Gasteiger partial charge in [-0.3, -0.25) is 0 Å². The van der Waals surface area contributed by atoms with Crippen molar-refractivity contribution in [2.24, 2.45) is 0 Å². The summed E-state index contributed by atoms with van der Waals surface area (Å²) in [6.07, 6.45) is -11.3. The molecule has 0 aromatic heterocycles. The van der Waals surface area contributed by atoms with Crippen LogP contribution in [0.25, 0.3) is 0 Å². The molecule has 176 valence electrons. The lowest BCUT2D eigenvalue weighted by molar-refractivity contribution is -0.214. The van der Waals surface area contributed by atoms with E-state index in [0.29, 0.717) is 0 Å². The molecule has 0 saturated carbocycles. The van der Waals surface area contributed by atoms with Crippen LogP contribution in [0.5, 0.6) is 0 Å². The molecule has 0 bridgehead atoms. The highest BCUT2D eigenvalue weighted by Gasteiger charge is 2.43. The van der Waals surface area contributed by atoms with Crippen LogP contribution in [0.1, 0.15) is 29.1 Å². The summed E-state index contributed by atoms with van der Waals surface area (Å²) in [5.41, 5.74) is 0. The summed E-state index contributed by atoms with van der Waals surface area (Å²) >= 11 is 0. The van der Waals surface area contributed by atoms with E-state index >= 15 is 0 Å². The number of hydrogen-bond acceptors (Lipinski definition) is 10. The largest absolute Gasteiger partial charge is 0.394 e. The topological polar surface area (TPSA) is 180 Å². The molecule has 0 spiro atoms. The molecule has 8 N–H and O–H groups in total. The van der Waals surface area contributed by atoms with Crippen molar-refractivity contribution >= 4 is 0 Å². The van der Waals surface area contributed by atoms with Crippen molar-refractivity contribution in [1.82, 2.24) is 0 Å². The van der Waals surface area contributed by atoms with E-state index in [1.165, 1.54) is 0 Å². The Labute approximate surface area is 178 Å². The summed E-state index contributed by atoms with van der Waals surface area (Å²) in [5.74, 6) is 10.2. The Balaban J connectivity index is 0. The smallest absolute Gasteiger partial charge is 0.147 e. The maximum atomic E-state index is 9.43. The lowest BCUT2D eigenvalue weighted by Gasteiger charge is -2.37. The van der Waals surface area contributed by atoms with E-state index in [0.717, 1.165) is 0 Å². The SMILES string of the molecule is CC.CC#C[C@H]1O[C@H](CO)[C@@H](O)[C@H](O)[C@@H]1O.CC#C[C@H]1O[C@H](CO)[C@@H](O)[C@H](O)[C@@H]1O.[HH]. The summed E-state index contributed by atoms with van der Waals surface area (Å²) in [6.45, 7) is 6.29. The standard InChI is InChI=1S/2C9H14O5.C2H6.H2/c2*1-2-3-5-7(11)9(13)8(12)6(4-10)14-5;1-2;/h2*5-13H,4H2,1H3;1-2H3;1H/t2*5-,6-,7-,8-,9-;;/m11../s1. The molecule has 2 saturated heterocycles. The molecule has 0 aromatic carbocycles. The predicted molar refractivity (Wildman–Crippen MR) is 108 cm³/mol. The molecule has 2 fully saturated rings.